The summed E-state index contributed by atoms with van der Waals surface area (Å²) in [6, 6.07) is 4.72. The highest BCUT2D eigenvalue weighted by atomic mass is 79.9. The molecule has 0 fully saturated rings. The minimum Gasteiger partial charge on any atom is -0.490 e. The molecule has 1 aromatic rings. The minimum absolute atomic E-state index is 0.309. The summed E-state index contributed by atoms with van der Waals surface area (Å²) in [6.45, 7) is 2.73. The van der Waals surface area contributed by atoms with Gasteiger partial charge in [-0.15, -0.1) is 0 Å². The first-order chi connectivity index (χ1) is 7.63. The van der Waals surface area contributed by atoms with Gasteiger partial charge in [0.25, 0.3) is 0 Å². The third kappa shape index (κ3) is 4.83. The minimum atomic E-state index is -0.309. The van der Waals surface area contributed by atoms with Crippen molar-refractivity contribution in [1.29, 1.82) is 0 Å². The quantitative estimate of drug-likeness (QED) is 0.669. The van der Waals surface area contributed by atoms with Crippen molar-refractivity contribution in [1.82, 2.24) is 0 Å². The predicted molar refractivity (Wildman–Crippen MR) is 71.8 cm³/mol. The first-order valence-corrected chi connectivity index (χ1v) is 7.18. The van der Waals surface area contributed by atoms with E-state index in [2.05, 4.69) is 38.8 Å². The van der Waals surface area contributed by atoms with Crippen LogP contribution in [0, 0.1) is 11.7 Å². The molecule has 4 heteroatoms. The first-order valence-electron chi connectivity index (χ1n) is 5.27. The fourth-order valence-corrected chi connectivity index (χ4v) is 2.41. The van der Waals surface area contributed by atoms with Gasteiger partial charge in [-0.3, -0.25) is 0 Å². The van der Waals surface area contributed by atoms with Crippen molar-refractivity contribution in [3.63, 3.8) is 0 Å². The highest BCUT2D eigenvalue weighted by Crippen LogP contribution is 2.22. The molecule has 0 aliphatic heterocycles. The number of benzene rings is 1. The lowest BCUT2D eigenvalue weighted by Crippen LogP contribution is -2.05. The van der Waals surface area contributed by atoms with Gasteiger partial charge >= 0.3 is 0 Å². The molecule has 1 aromatic carbocycles. The standard InChI is InChI=1S/C12H15Br2FO/c1-9(4-6-13)5-7-16-12-8-10(14)2-3-11(12)15/h2-3,8-9H,4-7H2,1H3. The Morgan fingerprint density at radius 1 is 1.38 bits per heavy atom. The normalized spacial score (nSPS) is 12.5. The average Bonchev–Trinajstić information content (AvgIpc) is 2.23. The molecule has 0 heterocycles. The molecule has 0 aromatic heterocycles. The number of alkyl halides is 1. The molecule has 0 saturated heterocycles. The number of halogens is 3. The summed E-state index contributed by atoms with van der Waals surface area (Å²) in [4.78, 5) is 0. The van der Waals surface area contributed by atoms with Crippen molar-refractivity contribution in [2.45, 2.75) is 19.8 Å². The van der Waals surface area contributed by atoms with Crippen molar-refractivity contribution >= 4 is 31.9 Å². The molecule has 0 amide bonds. The molecule has 90 valence electrons. The van der Waals surface area contributed by atoms with E-state index in [1.807, 2.05) is 0 Å². The summed E-state index contributed by atoms with van der Waals surface area (Å²) < 4.78 is 19.5. The summed E-state index contributed by atoms with van der Waals surface area (Å²) >= 11 is 6.69. The van der Waals surface area contributed by atoms with Gasteiger partial charge in [0.2, 0.25) is 0 Å². The Morgan fingerprint density at radius 2 is 2.12 bits per heavy atom. The Hall–Kier alpha value is -0.0900. The van der Waals surface area contributed by atoms with Crippen LogP contribution in [-0.4, -0.2) is 11.9 Å². The highest BCUT2D eigenvalue weighted by molar-refractivity contribution is 9.10. The maximum Gasteiger partial charge on any atom is 0.165 e. The Bertz CT molecular complexity index is 331. The lowest BCUT2D eigenvalue weighted by molar-refractivity contribution is 0.270. The highest BCUT2D eigenvalue weighted by Gasteiger charge is 2.05. The Kier molecular flexibility index (Phi) is 6.36. The second-order valence-electron chi connectivity index (χ2n) is 3.79. The number of hydrogen-bond acceptors (Lipinski definition) is 1. The molecule has 0 spiro atoms. The first kappa shape index (κ1) is 14.0. The van der Waals surface area contributed by atoms with Crippen LogP contribution in [0.3, 0.4) is 0 Å². The van der Waals surface area contributed by atoms with Crippen LogP contribution in [0.2, 0.25) is 0 Å². The maximum atomic E-state index is 13.3. The van der Waals surface area contributed by atoms with E-state index in [9.17, 15) is 4.39 Å². The predicted octanol–water partition coefficient (Wildman–Crippen LogP) is 4.78. The largest absolute Gasteiger partial charge is 0.490 e. The fraction of sp³-hybridized carbons (Fsp3) is 0.500. The SMILES string of the molecule is CC(CCBr)CCOc1cc(Br)ccc1F. The number of rotatable bonds is 6. The zero-order valence-electron chi connectivity index (χ0n) is 9.18. The van der Waals surface area contributed by atoms with Crippen LogP contribution in [-0.2, 0) is 0 Å². The van der Waals surface area contributed by atoms with Gasteiger partial charge in [0.05, 0.1) is 6.61 Å². The molecule has 0 bridgehead atoms. The summed E-state index contributed by atoms with van der Waals surface area (Å²) in [6.07, 6.45) is 2.06. The van der Waals surface area contributed by atoms with Crippen LogP contribution >= 0.6 is 31.9 Å². The molecule has 1 rings (SSSR count). The van der Waals surface area contributed by atoms with Gasteiger partial charge < -0.3 is 4.74 Å². The zero-order valence-corrected chi connectivity index (χ0v) is 12.4. The fourth-order valence-electron chi connectivity index (χ4n) is 1.29. The van der Waals surface area contributed by atoms with Gasteiger partial charge in [-0.05, 0) is 37.0 Å². The summed E-state index contributed by atoms with van der Waals surface area (Å²) in [5, 5.41) is 0.999. The number of ether oxygens (including phenoxy) is 1. The van der Waals surface area contributed by atoms with Crippen LogP contribution in [0.4, 0.5) is 4.39 Å². The summed E-state index contributed by atoms with van der Waals surface area (Å²) in [5.41, 5.74) is 0. The van der Waals surface area contributed by atoms with Crippen molar-refractivity contribution in [2.75, 3.05) is 11.9 Å². The van der Waals surface area contributed by atoms with Gasteiger partial charge in [-0.1, -0.05) is 38.8 Å². The van der Waals surface area contributed by atoms with Crippen molar-refractivity contribution < 1.29 is 9.13 Å². The molecule has 16 heavy (non-hydrogen) atoms. The second-order valence-corrected chi connectivity index (χ2v) is 5.50. The Balaban J connectivity index is 2.39. The molecular weight excluding hydrogens is 339 g/mol. The molecule has 0 saturated carbocycles. The zero-order chi connectivity index (χ0) is 12.0. The van der Waals surface area contributed by atoms with Crippen LogP contribution in [0.5, 0.6) is 5.75 Å². The number of hydrogen-bond donors (Lipinski definition) is 0. The van der Waals surface area contributed by atoms with Gasteiger partial charge in [0, 0.05) is 9.80 Å². The van der Waals surface area contributed by atoms with Gasteiger partial charge in [0.1, 0.15) is 0 Å². The second kappa shape index (κ2) is 7.28. The van der Waals surface area contributed by atoms with E-state index >= 15 is 0 Å². The van der Waals surface area contributed by atoms with Crippen LogP contribution in [0.25, 0.3) is 0 Å². The summed E-state index contributed by atoms with van der Waals surface area (Å²) in [5.74, 6) is 0.603. The van der Waals surface area contributed by atoms with E-state index in [1.165, 1.54) is 6.07 Å². The van der Waals surface area contributed by atoms with Crippen LogP contribution < -0.4 is 4.74 Å². The van der Waals surface area contributed by atoms with Crippen LogP contribution in [0.15, 0.2) is 22.7 Å². The van der Waals surface area contributed by atoms with E-state index < -0.39 is 0 Å². The summed E-state index contributed by atoms with van der Waals surface area (Å²) in [7, 11) is 0. The van der Waals surface area contributed by atoms with E-state index in [4.69, 9.17) is 4.74 Å². The third-order valence-corrected chi connectivity index (χ3v) is 3.31. The van der Waals surface area contributed by atoms with Crippen LogP contribution in [0.1, 0.15) is 19.8 Å². The van der Waals surface area contributed by atoms with E-state index in [0.717, 1.165) is 22.6 Å². The average molecular weight is 354 g/mol. The molecule has 1 nitrogen and oxygen atoms in total. The maximum absolute atomic E-state index is 13.3. The van der Waals surface area contributed by atoms with Gasteiger partial charge in [0.15, 0.2) is 11.6 Å². The molecule has 0 radical (unpaired) electrons. The third-order valence-electron chi connectivity index (χ3n) is 2.36. The molecule has 0 aliphatic carbocycles. The Morgan fingerprint density at radius 3 is 2.81 bits per heavy atom. The lowest BCUT2D eigenvalue weighted by Gasteiger charge is -2.11. The van der Waals surface area contributed by atoms with E-state index in [1.54, 1.807) is 12.1 Å². The van der Waals surface area contributed by atoms with Crippen molar-refractivity contribution in [3.8, 4) is 5.75 Å². The molecule has 1 atom stereocenters. The van der Waals surface area contributed by atoms with Crippen molar-refractivity contribution in [2.24, 2.45) is 5.92 Å². The molecular formula is C12H15Br2FO. The topological polar surface area (TPSA) is 9.23 Å². The van der Waals surface area contributed by atoms with Gasteiger partial charge in [-0.25, -0.2) is 4.39 Å². The lowest BCUT2D eigenvalue weighted by atomic mass is 10.1. The van der Waals surface area contributed by atoms with Crippen molar-refractivity contribution in [3.05, 3.63) is 28.5 Å². The molecule has 0 N–H and O–H groups in total. The molecule has 1 unspecified atom stereocenters. The van der Waals surface area contributed by atoms with E-state index in [0.29, 0.717) is 18.3 Å². The van der Waals surface area contributed by atoms with E-state index in [-0.39, 0.29) is 5.82 Å². The van der Waals surface area contributed by atoms with Gasteiger partial charge in [-0.2, -0.15) is 0 Å². The Labute approximate surface area is 113 Å². The smallest absolute Gasteiger partial charge is 0.165 e. The monoisotopic (exact) mass is 352 g/mol. The molecule has 0 aliphatic rings.